The van der Waals surface area contributed by atoms with Crippen LogP contribution < -0.4 is 9.47 Å². The molecule has 1 aliphatic rings. The molecular formula is C19H22N2O3S. The van der Waals surface area contributed by atoms with Gasteiger partial charge in [0, 0.05) is 43.2 Å². The van der Waals surface area contributed by atoms with Crippen molar-refractivity contribution < 1.29 is 14.3 Å². The first kappa shape index (κ1) is 17.6. The van der Waals surface area contributed by atoms with Crippen LogP contribution in [-0.2, 0) is 4.79 Å². The molecule has 1 aromatic carbocycles. The van der Waals surface area contributed by atoms with E-state index in [-0.39, 0.29) is 12.0 Å². The van der Waals surface area contributed by atoms with Gasteiger partial charge in [-0.2, -0.15) is 0 Å². The molecule has 0 aliphatic carbocycles. The van der Waals surface area contributed by atoms with Crippen molar-refractivity contribution in [3.05, 3.63) is 48.8 Å². The second kappa shape index (κ2) is 8.76. The Kier molecular flexibility index (Phi) is 6.17. The first-order valence-corrected chi connectivity index (χ1v) is 9.35. The number of methoxy groups -OCH3 is 1. The molecule has 3 rings (SSSR count). The molecule has 132 valence electrons. The van der Waals surface area contributed by atoms with Gasteiger partial charge in [-0.25, -0.2) is 0 Å². The number of aromatic nitrogens is 1. The fourth-order valence-corrected chi connectivity index (χ4v) is 3.58. The van der Waals surface area contributed by atoms with Gasteiger partial charge in [-0.3, -0.25) is 9.78 Å². The predicted octanol–water partition coefficient (Wildman–Crippen LogP) is 3.25. The SMILES string of the molecule is COc1ccccc1OC1CCN(C(=O)CSc2ccncc2)CC1. The van der Waals surface area contributed by atoms with E-state index >= 15 is 0 Å². The van der Waals surface area contributed by atoms with Crippen LogP contribution >= 0.6 is 11.8 Å². The van der Waals surface area contributed by atoms with Gasteiger partial charge in [0.1, 0.15) is 6.10 Å². The van der Waals surface area contributed by atoms with Gasteiger partial charge in [0.25, 0.3) is 0 Å². The van der Waals surface area contributed by atoms with Crippen molar-refractivity contribution in [1.82, 2.24) is 9.88 Å². The molecule has 2 heterocycles. The van der Waals surface area contributed by atoms with Crippen LogP contribution in [0.25, 0.3) is 0 Å². The van der Waals surface area contributed by atoms with Gasteiger partial charge in [0.05, 0.1) is 12.9 Å². The number of para-hydroxylation sites is 2. The van der Waals surface area contributed by atoms with Crippen molar-refractivity contribution in [2.24, 2.45) is 0 Å². The van der Waals surface area contributed by atoms with Crippen molar-refractivity contribution in [1.29, 1.82) is 0 Å². The van der Waals surface area contributed by atoms with Crippen LogP contribution in [0.15, 0.2) is 53.7 Å². The van der Waals surface area contributed by atoms with E-state index in [4.69, 9.17) is 9.47 Å². The smallest absolute Gasteiger partial charge is 0.232 e. The Morgan fingerprint density at radius 2 is 1.84 bits per heavy atom. The minimum atomic E-state index is 0.119. The lowest BCUT2D eigenvalue weighted by atomic mass is 10.1. The van der Waals surface area contributed by atoms with Gasteiger partial charge in [-0.1, -0.05) is 12.1 Å². The van der Waals surface area contributed by atoms with Crippen LogP contribution in [0.4, 0.5) is 0 Å². The molecule has 0 atom stereocenters. The largest absolute Gasteiger partial charge is 0.493 e. The molecule has 6 heteroatoms. The van der Waals surface area contributed by atoms with Gasteiger partial charge >= 0.3 is 0 Å². The summed E-state index contributed by atoms with van der Waals surface area (Å²) in [5, 5.41) is 0. The van der Waals surface area contributed by atoms with Crippen LogP contribution in [0.1, 0.15) is 12.8 Å². The Balaban J connectivity index is 1.46. The van der Waals surface area contributed by atoms with E-state index in [2.05, 4.69) is 4.98 Å². The van der Waals surface area contributed by atoms with Gasteiger partial charge in [0.15, 0.2) is 11.5 Å². The van der Waals surface area contributed by atoms with Crippen LogP contribution in [0.2, 0.25) is 0 Å². The fourth-order valence-electron chi connectivity index (χ4n) is 2.79. The molecule has 2 aromatic rings. The third-order valence-electron chi connectivity index (χ3n) is 4.17. The average molecular weight is 358 g/mol. The molecule has 0 spiro atoms. The van der Waals surface area contributed by atoms with Gasteiger partial charge < -0.3 is 14.4 Å². The fraction of sp³-hybridized carbons (Fsp3) is 0.368. The van der Waals surface area contributed by atoms with Crippen LogP contribution in [0, 0.1) is 0 Å². The molecule has 1 fully saturated rings. The molecule has 1 aliphatic heterocycles. The van der Waals surface area contributed by atoms with E-state index in [1.54, 1.807) is 31.3 Å². The summed E-state index contributed by atoms with van der Waals surface area (Å²) in [5.41, 5.74) is 0. The maximum atomic E-state index is 12.4. The number of carbonyl (C=O) groups excluding carboxylic acids is 1. The van der Waals surface area contributed by atoms with Crippen molar-refractivity contribution in [3.63, 3.8) is 0 Å². The van der Waals surface area contributed by atoms with E-state index in [9.17, 15) is 4.79 Å². The summed E-state index contributed by atoms with van der Waals surface area (Å²) >= 11 is 1.55. The zero-order valence-electron chi connectivity index (χ0n) is 14.3. The summed E-state index contributed by atoms with van der Waals surface area (Å²) in [6, 6.07) is 11.5. The molecule has 0 radical (unpaired) electrons. The van der Waals surface area contributed by atoms with Crippen molar-refractivity contribution in [3.8, 4) is 11.5 Å². The predicted molar refractivity (Wildman–Crippen MR) is 98.2 cm³/mol. The quantitative estimate of drug-likeness (QED) is 0.742. The number of hydrogen-bond acceptors (Lipinski definition) is 5. The lowest BCUT2D eigenvalue weighted by molar-refractivity contribution is -0.130. The summed E-state index contributed by atoms with van der Waals surface area (Å²) in [4.78, 5) is 19.3. The minimum absolute atomic E-state index is 0.119. The third-order valence-corrected chi connectivity index (χ3v) is 5.17. The minimum Gasteiger partial charge on any atom is -0.493 e. The maximum Gasteiger partial charge on any atom is 0.232 e. The van der Waals surface area contributed by atoms with Crippen molar-refractivity contribution in [2.45, 2.75) is 23.8 Å². The molecule has 5 nitrogen and oxygen atoms in total. The Morgan fingerprint density at radius 1 is 1.16 bits per heavy atom. The van der Waals surface area contributed by atoms with Gasteiger partial charge in [0.2, 0.25) is 5.91 Å². The highest BCUT2D eigenvalue weighted by molar-refractivity contribution is 8.00. The zero-order chi connectivity index (χ0) is 17.5. The topological polar surface area (TPSA) is 51.7 Å². The molecule has 1 saturated heterocycles. The van der Waals surface area contributed by atoms with Crippen LogP contribution in [0.3, 0.4) is 0 Å². The van der Waals surface area contributed by atoms with E-state index in [0.717, 1.165) is 42.3 Å². The number of hydrogen-bond donors (Lipinski definition) is 0. The highest BCUT2D eigenvalue weighted by Crippen LogP contribution is 2.29. The normalized spacial score (nSPS) is 15.0. The number of rotatable bonds is 6. The number of ether oxygens (including phenoxy) is 2. The third kappa shape index (κ3) is 4.89. The number of pyridine rings is 1. The second-order valence-corrected chi connectivity index (χ2v) is 6.87. The van der Waals surface area contributed by atoms with E-state index < -0.39 is 0 Å². The number of piperidine rings is 1. The molecule has 0 unspecified atom stereocenters. The van der Waals surface area contributed by atoms with Crippen molar-refractivity contribution in [2.75, 3.05) is 26.0 Å². The highest BCUT2D eigenvalue weighted by atomic mass is 32.2. The molecule has 1 amide bonds. The first-order chi connectivity index (χ1) is 12.3. The Hall–Kier alpha value is -2.21. The lowest BCUT2D eigenvalue weighted by Crippen LogP contribution is -2.42. The number of amides is 1. The molecule has 25 heavy (non-hydrogen) atoms. The number of thioether (sulfide) groups is 1. The number of benzene rings is 1. The number of likely N-dealkylation sites (tertiary alicyclic amines) is 1. The van der Waals surface area contributed by atoms with Crippen LogP contribution in [-0.4, -0.2) is 47.8 Å². The summed E-state index contributed by atoms with van der Waals surface area (Å²) in [6.07, 6.45) is 5.28. The lowest BCUT2D eigenvalue weighted by Gasteiger charge is -2.32. The van der Waals surface area contributed by atoms with E-state index in [1.807, 2.05) is 41.3 Å². The second-order valence-electron chi connectivity index (χ2n) is 5.82. The van der Waals surface area contributed by atoms with Crippen LogP contribution in [0.5, 0.6) is 11.5 Å². The molecule has 1 aromatic heterocycles. The van der Waals surface area contributed by atoms with E-state index in [1.165, 1.54) is 0 Å². The standard InChI is InChI=1S/C19H22N2O3S/c1-23-17-4-2-3-5-18(17)24-15-8-12-21(13-9-15)19(22)14-25-16-6-10-20-11-7-16/h2-7,10-11,15H,8-9,12-14H2,1H3. The van der Waals surface area contributed by atoms with E-state index in [0.29, 0.717) is 5.75 Å². The van der Waals surface area contributed by atoms with Crippen molar-refractivity contribution >= 4 is 17.7 Å². The average Bonchev–Trinajstić information content (AvgIpc) is 2.68. The molecule has 0 N–H and O–H groups in total. The summed E-state index contributed by atoms with van der Waals surface area (Å²) in [5.74, 6) is 2.15. The number of carbonyl (C=O) groups is 1. The number of nitrogens with zero attached hydrogens (tertiary/aromatic N) is 2. The van der Waals surface area contributed by atoms with Gasteiger partial charge in [-0.05, 0) is 24.3 Å². The summed E-state index contributed by atoms with van der Waals surface area (Å²) in [6.45, 7) is 1.46. The van der Waals surface area contributed by atoms with Gasteiger partial charge in [-0.15, -0.1) is 11.8 Å². The summed E-state index contributed by atoms with van der Waals surface area (Å²) in [7, 11) is 1.64. The zero-order valence-corrected chi connectivity index (χ0v) is 15.1. The summed E-state index contributed by atoms with van der Waals surface area (Å²) < 4.78 is 11.4. The Labute approximate surface area is 152 Å². The Bertz CT molecular complexity index is 688. The molecule has 0 bridgehead atoms. The maximum absolute atomic E-state index is 12.4. The highest BCUT2D eigenvalue weighted by Gasteiger charge is 2.24. The molecular weight excluding hydrogens is 336 g/mol. The molecule has 0 saturated carbocycles. The first-order valence-electron chi connectivity index (χ1n) is 8.36. The monoisotopic (exact) mass is 358 g/mol. The Morgan fingerprint density at radius 3 is 2.52 bits per heavy atom.